The number of halogens is 5. The summed E-state index contributed by atoms with van der Waals surface area (Å²) < 4.78 is 39.0. The Morgan fingerprint density at radius 3 is 2.14 bits per heavy atom. The molecule has 116 valence electrons. The number of carbonyl (C=O) groups excluding carboxylic acids is 2. The summed E-state index contributed by atoms with van der Waals surface area (Å²) in [5.41, 5.74) is -2.31. The number of benzene rings is 1. The monoisotopic (exact) mass is 348 g/mol. The molecule has 0 aromatic heterocycles. The first kappa shape index (κ1) is 16.8. The fourth-order valence-electron chi connectivity index (χ4n) is 2.19. The molecule has 0 saturated carbocycles. The van der Waals surface area contributed by atoms with Gasteiger partial charge in [-0.3, -0.25) is 9.59 Å². The van der Waals surface area contributed by atoms with E-state index in [1.165, 1.54) is 30.4 Å². The van der Waals surface area contributed by atoms with Crippen LogP contribution in [-0.2, 0) is 15.8 Å². The Hall–Kier alpha value is -1.59. The molecule has 0 aliphatic heterocycles. The van der Waals surface area contributed by atoms with Crippen molar-refractivity contribution in [2.45, 2.75) is 12.6 Å². The lowest BCUT2D eigenvalue weighted by molar-refractivity contribution is -0.137. The zero-order valence-corrected chi connectivity index (χ0v) is 12.5. The Kier molecular flexibility index (Phi) is 4.49. The van der Waals surface area contributed by atoms with E-state index in [1.807, 2.05) is 0 Å². The molecule has 0 heterocycles. The number of alkyl halides is 3. The number of rotatable bonds is 3. The number of hydrogen-bond donors (Lipinski definition) is 0. The predicted molar refractivity (Wildman–Crippen MR) is 77.3 cm³/mol. The largest absolute Gasteiger partial charge is 0.417 e. The maximum absolute atomic E-state index is 13.0. The van der Waals surface area contributed by atoms with Gasteiger partial charge in [0, 0.05) is 0 Å². The van der Waals surface area contributed by atoms with Crippen LogP contribution in [0.15, 0.2) is 42.5 Å². The number of carbonyl (C=O) groups is 2. The van der Waals surface area contributed by atoms with Crippen LogP contribution in [0.2, 0.25) is 0 Å². The van der Waals surface area contributed by atoms with Gasteiger partial charge in [-0.05, 0) is 46.8 Å². The molecule has 0 saturated heterocycles. The zero-order chi connectivity index (χ0) is 16.5. The first-order valence-corrected chi connectivity index (χ1v) is 6.90. The Labute approximate surface area is 134 Å². The highest BCUT2D eigenvalue weighted by Crippen LogP contribution is 2.40. The maximum Gasteiger partial charge on any atom is 0.417 e. The van der Waals surface area contributed by atoms with Crippen LogP contribution in [0.25, 0.3) is 5.57 Å². The Bertz CT molecular complexity index is 676. The average molecular weight is 349 g/mol. The molecule has 0 spiro atoms. The quantitative estimate of drug-likeness (QED) is 0.592. The third kappa shape index (κ3) is 2.96. The van der Waals surface area contributed by atoms with Gasteiger partial charge < -0.3 is 0 Å². The van der Waals surface area contributed by atoms with Crippen molar-refractivity contribution in [3.8, 4) is 0 Å². The first-order valence-electron chi connectivity index (χ1n) is 6.14. The zero-order valence-electron chi connectivity index (χ0n) is 11.0. The maximum atomic E-state index is 13.0. The van der Waals surface area contributed by atoms with Gasteiger partial charge in [-0.1, -0.05) is 36.4 Å². The molecule has 2 nitrogen and oxygen atoms in total. The molecule has 0 amide bonds. The lowest BCUT2D eigenvalue weighted by atomic mass is 9.80. The summed E-state index contributed by atoms with van der Waals surface area (Å²) in [6.07, 6.45) is -0.931. The van der Waals surface area contributed by atoms with Gasteiger partial charge in [0.25, 0.3) is 0 Å². The fourth-order valence-corrected chi connectivity index (χ4v) is 2.69. The molecule has 0 N–H and O–H groups in total. The van der Waals surface area contributed by atoms with E-state index in [4.69, 9.17) is 23.2 Å². The predicted octanol–water partition coefficient (Wildman–Crippen LogP) is 4.57. The van der Waals surface area contributed by atoms with Crippen LogP contribution in [-0.4, -0.2) is 10.5 Å². The first-order chi connectivity index (χ1) is 10.2. The average Bonchev–Trinajstić information content (AvgIpc) is 2.46. The highest BCUT2D eigenvalue weighted by atomic mass is 35.5. The molecule has 0 atom stereocenters. The molecule has 22 heavy (non-hydrogen) atoms. The van der Waals surface area contributed by atoms with Crippen LogP contribution in [0.4, 0.5) is 13.2 Å². The van der Waals surface area contributed by atoms with E-state index in [-0.39, 0.29) is 17.6 Å². The Morgan fingerprint density at radius 2 is 1.68 bits per heavy atom. The normalized spacial score (nSPS) is 17.0. The third-order valence-corrected chi connectivity index (χ3v) is 4.11. The van der Waals surface area contributed by atoms with Crippen molar-refractivity contribution in [3.63, 3.8) is 0 Å². The van der Waals surface area contributed by atoms with Crippen molar-refractivity contribution in [2.24, 2.45) is 5.41 Å². The standard InChI is InChI=1S/C15H9Cl2F3O2/c16-12(21)14(13(17)22)7-5-9(6-8-14)10-3-1-2-4-11(10)15(18,19)20/h1-7H,8H2. The number of allylic oxidation sites excluding steroid dienone is 4. The van der Waals surface area contributed by atoms with Crippen LogP contribution in [0.1, 0.15) is 17.5 Å². The Morgan fingerprint density at radius 1 is 1.09 bits per heavy atom. The molecular formula is C15H9Cl2F3O2. The molecule has 0 unspecified atom stereocenters. The molecule has 0 bridgehead atoms. The van der Waals surface area contributed by atoms with E-state index >= 15 is 0 Å². The SMILES string of the molecule is O=C(Cl)C1(C(=O)Cl)C=CC(c2ccccc2C(F)(F)F)=CC1. The van der Waals surface area contributed by atoms with E-state index < -0.39 is 27.6 Å². The van der Waals surface area contributed by atoms with Crippen molar-refractivity contribution in [1.29, 1.82) is 0 Å². The highest BCUT2D eigenvalue weighted by Gasteiger charge is 2.42. The molecule has 0 fully saturated rings. The molecular weight excluding hydrogens is 340 g/mol. The third-order valence-electron chi connectivity index (χ3n) is 3.44. The summed E-state index contributed by atoms with van der Waals surface area (Å²) in [7, 11) is 0. The lowest BCUT2D eigenvalue weighted by Gasteiger charge is -2.25. The van der Waals surface area contributed by atoms with E-state index in [1.54, 1.807) is 0 Å². The van der Waals surface area contributed by atoms with Gasteiger partial charge in [0.2, 0.25) is 10.5 Å². The van der Waals surface area contributed by atoms with Gasteiger partial charge in [-0.25, -0.2) is 0 Å². The second kappa shape index (κ2) is 5.89. The minimum absolute atomic E-state index is 0.0381. The van der Waals surface area contributed by atoms with Crippen molar-refractivity contribution in [1.82, 2.24) is 0 Å². The van der Waals surface area contributed by atoms with Crippen LogP contribution in [0.3, 0.4) is 0 Å². The summed E-state index contributed by atoms with van der Waals surface area (Å²) in [6.45, 7) is 0. The molecule has 7 heteroatoms. The summed E-state index contributed by atoms with van der Waals surface area (Å²) in [5.74, 6) is 0. The van der Waals surface area contributed by atoms with Gasteiger partial charge in [0.05, 0.1) is 5.56 Å². The fraction of sp³-hybridized carbons (Fsp3) is 0.200. The highest BCUT2D eigenvalue weighted by molar-refractivity contribution is 6.75. The summed E-state index contributed by atoms with van der Waals surface area (Å²) >= 11 is 10.8. The Balaban J connectivity index is 2.44. The minimum Gasteiger partial charge on any atom is -0.280 e. The summed E-state index contributed by atoms with van der Waals surface area (Å²) in [4.78, 5) is 22.9. The van der Waals surface area contributed by atoms with Crippen LogP contribution < -0.4 is 0 Å². The molecule has 1 aliphatic rings. The summed E-state index contributed by atoms with van der Waals surface area (Å²) in [5, 5.41) is -1.94. The van der Waals surface area contributed by atoms with Gasteiger partial charge in [-0.15, -0.1) is 0 Å². The lowest BCUT2D eigenvalue weighted by Crippen LogP contribution is -2.32. The molecule has 1 aromatic rings. The smallest absolute Gasteiger partial charge is 0.280 e. The topological polar surface area (TPSA) is 34.1 Å². The summed E-state index contributed by atoms with van der Waals surface area (Å²) in [6, 6.07) is 5.04. The molecule has 0 radical (unpaired) electrons. The van der Waals surface area contributed by atoms with Gasteiger partial charge in [0.1, 0.15) is 5.41 Å². The van der Waals surface area contributed by atoms with E-state index in [2.05, 4.69) is 0 Å². The van der Waals surface area contributed by atoms with E-state index in [0.717, 1.165) is 12.1 Å². The second-order valence-electron chi connectivity index (χ2n) is 4.76. The van der Waals surface area contributed by atoms with Crippen LogP contribution in [0.5, 0.6) is 0 Å². The van der Waals surface area contributed by atoms with Crippen LogP contribution >= 0.6 is 23.2 Å². The minimum atomic E-state index is -4.51. The van der Waals surface area contributed by atoms with Gasteiger partial charge in [-0.2, -0.15) is 13.2 Å². The van der Waals surface area contributed by atoms with Crippen molar-refractivity contribution in [3.05, 3.63) is 53.6 Å². The van der Waals surface area contributed by atoms with Gasteiger partial charge in [0.15, 0.2) is 0 Å². The number of hydrogen-bond acceptors (Lipinski definition) is 2. The van der Waals surface area contributed by atoms with Crippen molar-refractivity contribution in [2.75, 3.05) is 0 Å². The molecule has 1 aromatic carbocycles. The van der Waals surface area contributed by atoms with E-state index in [9.17, 15) is 22.8 Å². The van der Waals surface area contributed by atoms with Gasteiger partial charge >= 0.3 is 6.18 Å². The second-order valence-corrected chi connectivity index (χ2v) is 5.45. The van der Waals surface area contributed by atoms with E-state index in [0.29, 0.717) is 0 Å². The van der Waals surface area contributed by atoms with Crippen molar-refractivity contribution >= 4 is 39.3 Å². The molecule has 1 aliphatic carbocycles. The molecule has 2 rings (SSSR count). The van der Waals surface area contributed by atoms with Crippen LogP contribution in [0, 0.1) is 5.41 Å². The van der Waals surface area contributed by atoms with Crippen molar-refractivity contribution < 1.29 is 22.8 Å².